The molecule has 0 spiro atoms. The molecule has 1 unspecified atom stereocenters. The second kappa shape index (κ2) is 6.73. The first kappa shape index (κ1) is 16.2. The molecule has 0 aromatic heterocycles. The van der Waals surface area contributed by atoms with Crippen LogP contribution in [0, 0.1) is 6.92 Å². The van der Waals surface area contributed by atoms with Crippen LogP contribution in [0.3, 0.4) is 0 Å². The summed E-state index contributed by atoms with van der Waals surface area (Å²) in [5.74, 6) is -0.165. The smallest absolute Gasteiger partial charge is 0.238 e. The summed E-state index contributed by atoms with van der Waals surface area (Å²) in [7, 11) is 1.48. The van der Waals surface area contributed by atoms with Crippen LogP contribution in [0.15, 0.2) is 18.2 Å². The number of alkyl halides is 1. The van der Waals surface area contributed by atoms with E-state index in [0.29, 0.717) is 23.7 Å². The van der Waals surface area contributed by atoms with Crippen molar-refractivity contribution in [2.45, 2.75) is 19.0 Å². The van der Waals surface area contributed by atoms with Crippen molar-refractivity contribution >= 4 is 23.2 Å². The Morgan fingerprint density at radius 2 is 2.33 bits per heavy atom. The Bertz CT molecular complexity index is 526. The number of anilines is 1. The molecule has 1 aromatic rings. The molecule has 1 saturated heterocycles. The van der Waals surface area contributed by atoms with E-state index in [1.807, 2.05) is 6.92 Å². The van der Waals surface area contributed by atoms with Crippen molar-refractivity contribution in [3.8, 4) is 0 Å². The van der Waals surface area contributed by atoms with Crippen molar-refractivity contribution in [1.82, 2.24) is 4.90 Å². The van der Waals surface area contributed by atoms with E-state index < -0.39 is 5.67 Å². The number of nitrogens with zero attached hydrogens (tertiary/aromatic N) is 1. The van der Waals surface area contributed by atoms with Crippen molar-refractivity contribution in [1.29, 1.82) is 0 Å². The van der Waals surface area contributed by atoms with E-state index in [4.69, 9.17) is 16.3 Å². The lowest BCUT2D eigenvalue weighted by molar-refractivity contribution is -0.117. The average Bonchev–Trinajstić information content (AvgIpc) is 2.76. The summed E-state index contributed by atoms with van der Waals surface area (Å²) in [5.41, 5.74) is 0.171. The highest BCUT2D eigenvalue weighted by atomic mass is 35.5. The predicted molar refractivity (Wildman–Crippen MR) is 81.6 cm³/mol. The zero-order valence-corrected chi connectivity index (χ0v) is 13.0. The van der Waals surface area contributed by atoms with Gasteiger partial charge in [-0.05, 0) is 31.0 Å². The van der Waals surface area contributed by atoms with E-state index in [-0.39, 0.29) is 25.6 Å². The highest BCUT2D eigenvalue weighted by Gasteiger charge is 2.38. The van der Waals surface area contributed by atoms with E-state index in [0.717, 1.165) is 5.56 Å². The van der Waals surface area contributed by atoms with Crippen LogP contribution in [-0.4, -0.2) is 49.8 Å². The zero-order valence-electron chi connectivity index (χ0n) is 12.3. The van der Waals surface area contributed by atoms with Crippen LogP contribution >= 0.6 is 11.6 Å². The molecule has 4 nitrogen and oxygen atoms in total. The summed E-state index contributed by atoms with van der Waals surface area (Å²) < 4.78 is 19.1. The molecule has 116 valence electrons. The topological polar surface area (TPSA) is 41.6 Å². The predicted octanol–water partition coefficient (Wildman–Crippen LogP) is 2.65. The maximum atomic E-state index is 14.2. The number of nitrogens with one attached hydrogen (secondary N) is 1. The normalized spacial score (nSPS) is 22.5. The number of likely N-dealkylation sites (tertiary alicyclic amines) is 1. The number of rotatable bonds is 5. The summed E-state index contributed by atoms with van der Waals surface area (Å²) in [5, 5.41) is 3.43. The lowest BCUT2D eigenvalue weighted by atomic mass is 10.1. The van der Waals surface area contributed by atoms with Gasteiger partial charge in [0.2, 0.25) is 5.91 Å². The number of hydrogen-bond donors (Lipinski definition) is 1. The van der Waals surface area contributed by atoms with Crippen molar-refractivity contribution in [3.05, 3.63) is 28.8 Å². The molecule has 1 aliphatic heterocycles. The number of ether oxygens (including phenoxy) is 1. The Balaban J connectivity index is 1.90. The van der Waals surface area contributed by atoms with E-state index in [9.17, 15) is 9.18 Å². The third kappa shape index (κ3) is 4.15. The molecular weight excluding hydrogens is 295 g/mol. The van der Waals surface area contributed by atoms with Gasteiger partial charge >= 0.3 is 0 Å². The van der Waals surface area contributed by atoms with Gasteiger partial charge in [0.25, 0.3) is 0 Å². The average molecular weight is 315 g/mol. The second-order valence-corrected chi connectivity index (χ2v) is 5.91. The fourth-order valence-corrected chi connectivity index (χ4v) is 2.74. The first-order chi connectivity index (χ1) is 9.93. The van der Waals surface area contributed by atoms with Crippen LogP contribution in [0.2, 0.25) is 5.02 Å². The number of methoxy groups -OCH3 is 1. The highest BCUT2D eigenvalue weighted by molar-refractivity contribution is 6.31. The van der Waals surface area contributed by atoms with E-state index >= 15 is 0 Å². The van der Waals surface area contributed by atoms with Gasteiger partial charge in [-0.15, -0.1) is 0 Å². The number of halogens is 2. The van der Waals surface area contributed by atoms with Gasteiger partial charge in [-0.3, -0.25) is 9.69 Å². The maximum absolute atomic E-state index is 14.2. The molecule has 0 bridgehead atoms. The Morgan fingerprint density at radius 3 is 3.05 bits per heavy atom. The minimum absolute atomic E-state index is 0.0680. The quantitative estimate of drug-likeness (QED) is 0.908. The van der Waals surface area contributed by atoms with Crippen LogP contribution < -0.4 is 5.32 Å². The minimum atomic E-state index is -1.35. The molecule has 6 heteroatoms. The first-order valence-electron chi connectivity index (χ1n) is 6.89. The van der Waals surface area contributed by atoms with Gasteiger partial charge in [0.1, 0.15) is 5.67 Å². The zero-order chi connectivity index (χ0) is 15.5. The molecule has 0 aliphatic carbocycles. The molecule has 21 heavy (non-hydrogen) atoms. The van der Waals surface area contributed by atoms with Gasteiger partial charge in [-0.1, -0.05) is 17.7 Å². The van der Waals surface area contributed by atoms with Crippen molar-refractivity contribution in [2.75, 3.05) is 38.7 Å². The van der Waals surface area contributed by atoms with Crippen molar-refractivity contribution < 1.29 is 13.9 Å². The van der Waals surface area contributed by atoms with Gasteiger partial charge in [-0.25, -0.2) is 4.39 Å². The molecule has 2 rings (SSSR count). The Morgan fingerprint density at radius 1 is 1.57 bits per heavy atom. The summed E-state index contributed by atoms with van der Waals surface area (Å²) in [6, 6.07) is 5.36. The van der Waals surface area contributed by atoms with E-state index in [2.05, 4.69) is 5.32 Å². The number of hydrogen-bond acceptors (Lipinski definition) is 3. The van der Waals surface area contributed by atoms with Gasteiger partial charge < -0.3 is 10.1 Å². The van der Waals surface area contributed by atoms with E-state index in [1.165, 1.54) is 7.11 Å². The summed E-state index contributed by atoms with van der Waals surface area (Å²) >= 11 is 6.01. The number of amides is 1. The SMILES string of the molecule is COCC1(F)CCN(CC(=O)Nc2cccc(Cl)c2C)C1. The third-order valence-corrected chi connectivity index (χ3v) is 4.10. The van der Waals surface area contributed by atoms with Gasteiger partial charge in [0, 0.05) is 30.9 Å². The molecule has 0 radical (unpaired) electrons. The van der Waals surface area contributed by atoms with Gasteiger partial charge in [-0.2, -0.15) is 0 Å². The fourth-order valence-electron chi connectivity index (χ4n) is 2.56. The lowest BCUT2D eigenvalue weighted by Gasteiger charge is -2.20. The molecule has 0 saturated carbocycles. The maximum Gasteiger partial charge on any atom is 0.238 e. The van der Waals surface area contributed by atoms with E-state index in [1.54, 1.807) is 23.1 Å². The minimum Gasteiger partial charge on any atom is -0.381 e. The van der Waals surface area contributed by atoms with Crippen molar-refractivity contribution in [3.63, 3.8) is 0 Å². The molecule has 1 aliphatic rings. The lowest BCUT2D eigenvalue weighted by Crippen LogP contribution is -2.36. The molecular formula is C15H20ClFN2O2. The molecule has 1 N–H and O–H groups in total. The molecule has 1 fully saturated rings. The van der Waals surface area contributed by atoms with Gasteiger partial charge in [0.05, 0.1) is 13.2 Å². The Labute approximate surface area is 129 Å². The number of carbonyl (C=O) groups excluding carboxylic acids is 1. The third-order valence-electron chi connectivity index (χ3n) is 3.70. The van der Waals surface area contributed by atoms with Crippen molar-refractivity contribution in [2.24, 2.45) is 0 Å². The molecule has 1 heterocycles. The number of benzene rings is 1. The molecule has 1 atom stereocenters. The first-order valence-corrected chi connectivity index (χ1v) is 7.26. The Hall–Kier alpha value is -1.17. The van der Waals surface area contributed by atoms with Crippen LogP contribution in [0.1, 0.15) is 12.0 Å². The fraction of sp³-hybridized carbons (Fsp3) is 0.533. The number of carbonyl (C=O) groups is 1. The van der Waals surface area contributed by atoms with Crippen LogP contribution in [0.4, 0.5) is 10.1 Å². The van der Waals surface area contributed by atoms with Crippen LogP contribution in [0.5, 0.6) is 0 Å². The summed E-state index contributed by atoms with van der Waals surface area (Å²) in [6.07, 6.45) is 0.393. The van der Waals surface area contributed by atoms with Crippen LogP contribution in [0.25, 0.3) is 0 Å². The molecule has 1 aromatic carbocycles. The molecule has 1 amide bonds. The van der Waals surface area contributed by atoms with Gasteiger partial charge in [0.15, 0.2) is 0 Å². The summed E-state index contributed by atoms with van der Waals surface area (Å²) in [6.45, 7) is 2.86. The Kier molecular flexibility index (Phi) is 5.19. The summed E-state index contributed by atoms with van der Waals surface area (Å²) in [4.78, 5) is 13.9. The highest BCUT2D eigenvalue weighted by Crippen LogP contribution is 2.26. The van der Waals surface area contributed by atoms with Crippen LogP contribution in [-0.2, 0) is 9.53 Å². The second-order valence-electron chi connectivity index (χ2n) is 5.51. The largest absolute Gasteiger partial charge is 0.381 e. The monoisotopic (exact) mass is 314 g/mol. The standard InChI is InChI=1S/C15H20ClFN2O2/c1-11-12(16)4-3-5-13(11)18-14(20)8-19-7-6-15(17,9-19)10-21-2/h3-5H,6-10H2,1-2H3,(H,18,20).